The quantitative estimate of drug-likeness (QED) is 0.650. The van der Waals surface area contributed by atoms with Crippen LogP contribution in [0.3, 0.4) is 0 Å². The van der Waals surface area contributed by atoms with Crippen LogP contribution >= 0.6 is 0 Å². The third-order valence-corrected chi connectivity index (χ3v) is 3.45. The number of nitriles is 1. The molecule has 0 amide bonds. The van der Waals surface area contributed by atoms with Crippen LogP contribution < -0.4 is 5.32 Å². The number of anilines is 1. The predicted molar refractivity (Wildman–Crippen MR) is 66.1 cm³/mol. The molecule has 0 aliphatic heterocycles. The van der Waals surface area contributed by atoms with E-state index in [1.54, 1.807) is 0 Å². The maximum absolute atomic E-state index is 10.6. The molecule has 1 heterocycles. The molecular formula is C12H14N4O2. The number of nitrogens with one attached hydrogen (secondary N) is 1. The summed E-state index contributed by atoms with van der Waals surface area (Å²) < 4.78 is 0. The van der Waals surface area contributed by atoms with Crippen molar-refractivity contribution in [2.75, 3.05) is 11.9 Å². The van der Waals surface area contributed by atoms with E-state index in [9.17, 15) is 10.1 Å². The molecule has 1 aliphatic carbocycles. The summed E-state index contributed by atoms with van der Waals surface area (Å²) in [4.78, 5) is 14.0. The number of pyridine rings is 1. The number of nitro groups is 1. The van der Waals surface area contributed by atoms with Crippen molar-refractivity contribution in [3.05, 3.63) is 27.9 Å². The van der Waals surface area contributed by atoms with Crippen LogP contribution in [0, 0.1) is 26.9 Å². The van der Waals surface area contributed by atoms with E-state index in [1.807, 2.05) is 6.07 Å². The lowest BCUT2D eigenvalue weighted by Gasteiger charge is -2.38. The summed E-state index contributed by atoms with van der Waals surface area (Å²) in [6, 6.07) is 3.18. The lowest BCUT2D eigenvalue weighted by molar-refractivity contribution is -0.385. The van der Waals surface area contributed by atoms with Crippen LogP contribution in [0.25, 0.3) is 0 Å². The van der Waals surface area contributed by atoms with Crippen LogP contribution in [0.4, 0.5) is 11.5 Å². The highest BCUT2D eigenvalue weighted by Gasteiger charge is 2.31. The first kappa shape index (κ1) is 12.3. The van der Waals surface area contributed by atoms with Crippen molar-refractivity contribution in [1.29, 1.82) is 5.26 Å². The molecule has 0 aromatic carbocycles. The van der Waals surface area contributed by atoms with Crippen molar-refractivity contribution in [1.82, 2.24) is 4.98 Å². The molecule has 0 bridgehead atoms. The molecule has 6 heteroatoms. The topological polar surface area (TPSA) is 91.8 Å². The summed E-state index contributed by atoms with van der Waals surface area (Å²) in [5.74, 6) is 0.427. The average molecular weight is 246 g/mol. The van der Waals surface area contributed by atoms with Crippen LogP contribution in [0.2, 0.25) is 0 Å². The maximum atomic E-state index is 10.6. The Labute approximate surface area is 105 Å². The van der Waals surface area contributed by atoms with Crippen LogP contribution in [-0.4, -0.2) is 16.5 Å². The standard InChI is InChI=1S/C12H14N4O2/c1-12(3-2-4-12)8-15-11-9(6-13)5-10(7-14-11)16(17)18/h5,7H,2-4,8H2,1H3,(H,14,15). The second-order valence-electron chi connectivity index (χ2n) is 4.98. The second kappa shape index (κ2) is 4.61. The Morgan fingerprint density at radius 3 is 2.89 bits per heavy atom. The minimum atomic E-state index is -0.551. The van der Waals surface area contributed by atoms with Gasteiger partial charge < -0.3 is 5.32 Å². The molecule has 6 nitrogen and oxygen atoms in total. The third-order valence-electron chi connectivity index (χ3n) is 3.45. The highest BCUT2D eigenvalue weighted by atomic mass is 16.6. The van der Waals surface area contributed by atoms with Gasteiger partial charge >= 0.3 is 0 Å². The Kier molecular flexibility index (Phi) is 3.15. The van der Waals surface area contributed by atoms with Crippen LogP contribution in [-0.2, 0) is 0 Å². The minimum Gasteiger partial charge on any atom is -0.368 e. The summed E-state index contributed by atoms with van der Waals surface area (Å²) in [6.07, 6.45) is 4.73. The molecule has 1 aromatic rings. The predicted octanol–water partition coefficient (Wildman–Crippen LogP) is 2.46. The minimum absolute atomic E-state index is 0.160. The van der Waals surface area contributed by atoms with E-state index in [4.69, 9.17) is 5.26 Å². The largest absolute Gasteiger partial charge is 0.368 e. The van der Waals surface area contributed by atoms with E-state index >= 15 is 0 Å². The molecule has 2 rings (SSSR count). The van der Waals surface area contributed by atoms with Gasteiger partial charge in [0.2, 0.25) is 0 Å². The zero-order chi connectivity index (χ0) is 13.2. The lowest BCUT2D eigenvalue weighted by Crippen LogP contribution is -2.33. The average Bonchev–Trinajstić information content (AvgIpc) is 2.33. The molecule has 18 heavy (non-hydrogen) atoms. The molecule has 0 saturated heterocycles. The highest BCUT2D eigenvalue weighted by molar-refractivity contribution is 5.55. The molecule has 1 saturated carbocycles. The number of hydrogen-bond donors (Lipinski definition) is 1. The van der Waals surface area contributed by atoms with Gasteiger partial charge in [-0.1, -0.05) is 13.3 Å². The van der Waals surface area contributed by atoms with E-state index in [0.717, 1.165) is 19.4 Å². The van der Waals surface area contributed by atoms with Gasteiger partial charge in [0.15, 0.2) is 0 Å². The molecule has 0 spiro atoms. The van der Waals surface area contributed by atoms with Crippen molar-refractivity contribution < 1.29 is 4.92 Å². The van der Waals surface area contributed by atoms with Crippen molar-refractivity contribution in [3.63, 3.8) is 0 Å². The Morgan fingerprint density at radius 2 is 2.39 bits per heavy atom. The SMILES string of the molecule is CC1(CNc2ncc([N+](=O)[O-])cc2C#N)CCC1. The first-order chi connectivity index (χ1) is 8.54. The molecule has 0 atom stereocenters. The first-order valence-electron chi connectivity index (χ1n) is 5.82. The van der Waals surface area contributed by atoms with Crippen molar-refractivity contribution in [3.8, 4) is 6.07 Å². The Morgan fingerprint density at radius 1 is 1.67 bits per heavy atom. The number of hydrogen-bond acceptors (Lipinski definition) is 5. The fraction of sp³-hybridized carbons (Fsp3) is 0.500. The van der Waals surface area contributed by atoms with Gasteiger partial charge in [0.1, 0.15) is 23.6 Å². The normalized spacial score (nSPS) is 16.4. The van der Waals surface area contributed by atoms with Crippen LogP contribution in [0.1, 0.15) is 31.7 Å². The summed E-state index contributed by atoms with van der Waals surface area (Å²) in [5.41, 5.74) is 0.315. The Hall–Kier alpha value is -2.16. The van der Waals surface area contributed by atoms with Crippen molar-refractivity contribution in [2.45, 2.75) is 26.2 Å². The fourth-order valence-corrected chi connectivity index (χ4v) is 2.03. The second-order valence-corrected chi connectivity index (χ2v) is 4.98. The lowest BCUT2D eigenvalue weighted by atomic mass is 9.70. The molecule has 1 aliphatic rings. The number of nitrogens with zero attached hydrogens (tertiary/aromatic N) is 3. The van der Waals surface area contributed by atoms with E-state index in [2.05, 4.69) is 17.2 Å². The molecular weight excluding hydrogens is 232 g/mol. The number of rotatable bonds is 4. The van der Waals surface area contributed by atoms with Gasteiger partial charge in [-0.2, -0.15) is 5.26 Å². The van der Waals surface area contributed by atoms with E-state index < -0.39 is 4.92 Å². The Bertz CT molecular complexity index is 517. The van der Waals surface area contributed by atoms with Gasteiger partial charge in [-0.15, -0.1) is 0 Å². The molecule has 1 fully saturated rings. The van der Waals surface area contributed by atoms with Crippen LogP contribution in [0.15, 0.2) is 12.3 Å². The van der Waals surface area contributed by atoms with Gasteiger partial charge in [-0.05, 0) is 18.3 Å². The van der Waals surface area contributed by atoms with Crippen LogP contribution in [0.5, 0.6) is 0 Å². The summed E-state index contributed by atoms with van der Waals surface area (Å²) in [5, 5.41) is 22.7. The van der Waals surface area contributed by atoms with E-state index in [-0.39, 0.29) is 16.7 Å². The monoisotopic (exact) mass is 246 g/mol. The van der Waals surface area contributed by atoms with Crippen molar-refractivity contribution in [2.24, 2.45) is 5.41 Å². The van der Waals surface area contributed by atoms with E-state index in [1.165, 1.54) is 18.7 Å². The zero-order valence-corrected chi connectivity index (χ0v) is 10.1. The third kappa shape index (κ3) is 2.40. The Balaban J connectivity index is 2.13. The maximum Gasteiger partial charge on any atom is 0.289 e. The fourth-order valence-electron chi connectivity index (χ4n) is 2.03. The summed E-state index contributed by atoms with van der Waals surface area (Å²) >= 11 is 0. The van der Waals surface area contributed by atoms with Gasteiger partial charge in [0, 0.05) is 12.6 Å². The van der Waals surface area contributed by atoms with Gasteiger partial charge in [0.05, 0.1) is 4.92 Å². The zero-order valence-electron chi connectivity index (χ0n) is 10.1. The molecule has 1 aromatic heterocycles. The van der Waals surface area contributed by atoms with Gasteiger partial charge in [-0.3, -0.25) is 10.1 Å². The number of aromatic nitrogens is 1. The van der Waals surface area contributed by atoms with E-state index in [0.29, 0.717) is 5.82 Å². The first-order valence-corrected chi connectivity index (χ1v) is 5.82. The molecule has 0 radical (unpaired) electrons. The highest BCUT2D eigenvalue weighted by Crippen LogP contribution is 2.40. The summed E-state index contributed by atoms with van der Waals surface area (Å²) in [6.45, 7) is 2.92. The molecule has 0 unspecified atom stereocenters. The smallest absolute Gasteiger partial charge is 0.289 e. The summed E-state index contributed by atoms with van der Waals surface area (Å²) in [7, 11) is 0. The van der Waals surface area contributed by atoms with Gasteiger partial charge in [-0.25, -0.2) is 4.98 Å². The molecule has 94 valence electrons. The molecule has 1 N–H and O–H groups in total. The van der Waals surface area contributed by atoms with Gasteiger partial charge in [0.25, 0.3) is 5.69 Å². The van der Waals surface area contributed by atoms with Crippen molar-refractivity contribution >= 4 is 11.5 Å².